The number of aromatic amines is 1. The fourth-order valence-electron chi connectivity index (χ4n) is 5.35. The SMILES string of the molecule is C=CC(C)(C)C1CC[C@@H](c2cccc(F)c2)N1C(=O)CNC(=O)c1ccc(Cc2cc(C)n[nH]c2=O)c(C)c1. The first-order valence-electron chi connectivity index (χ1n) is 13.1. The molecule has 0 spiro atoms. The van der Waals surface area contributed by atoms with E-state index in [1.165, 1.54) is 12.1 Å². The minimum atomic E-state index is -0.364. The summed E-state index contributed by atoms with van der Waals surface area (Å²) < 4.78 is 14.0. The summed E-state index contributed by atoms with van der Waals surface area (Å²) in [6, 6.07) is 13.0. The average Bonchev–Trinajstić information content (AvgIpc) is 3.37. The summed E-state index contributed by atoms with van der Waals surface area (Å²) >= 11 is 0. The van der Waals surface area contributed by atoms with Gasteiger partial charge in [-0.05, 0) is 73.7 Å². The van der Waals surface area contributed by atoms with Gasteiger partial charge in [-0.25, -0.2) is 9.49 Å². The van der Waals surface area contributed by atoms with Crippen LogP contribution in [0.5, 0.6) is 0 Å². The Morgan fingerprint density at radius 3 is 2.62 bits per heavy atom. The number of nitrogens with one attached hydrogen (secondary N) is 2. The number of carbonyl (C=O) groups is 2. The molecule has 0 radical (unpaired) electrons. The van der Waals surface area contributed by atoms with Gasteiger partial charge in [0.05, 0.1) is 18.3 Å². The number of hydrogen-bond donors (Lipinski definition) is 2. The smallest absolute Gasteiger partial charge is 0.267 e. The van der Waals surface area contributed by atoms with Crippen molar-refractivity contribution in [3.8, 4) is 0 Å². The normalized spacial score (nSPS) is 17.2. The van der Waals surface area contributed by atoms with Crippen molar-refractivity contribution in [3.05, 3.63) is 111 Å². The van der Waals surface area contributed by atoms with E-state index in [1.54, 1.807) is 29.2 Å². The molecule has 1 unspecified atom stereocenters. The fraction of sp³-hybridized carbons (Fsp3) is 0.355. The van der Waals surface area contributed by atoms with Crippen molar-refractivity contribution in [1.82, 2.24) is 20.4 Å². The highest BCUT2D eigenvalue weighted by atomic mass is 19.1. The van der Waals surface area contributed by atoms with E-state index in [1.807, 2.05) is 45.9 Å². The molecule has 0 saturated carbocycles. The Bertz CT molecular complexity index is 1460. The van der Waals surface area contributed by atoms with E-state index >= 15 is 0 Å². The van der Waals surface area contributed by atoms with Crippen LogP contribution in [0.3, 0.4) is 0 Å². The molecule has 1 saturated heterocycles. The first kappa shape index (κ1) is 28.0. The minimum absolute atomic E-state index is 0.130. The number of nitrogens with zero attached hydrogens (tertiary/aromatic N) is 2. The van der Waals surface area contributed by atoms with Crippen molar-refractivity contribution in [2.75, 3.05) is 6.54 Å². The number of amides is 2. The zero-order valence-electron chi connectivity index (χ0n) is 22.9. The van der Waals surface area contributed by atoms with Gasteiger partial charge in [-0.3, -0.25) is 14.4 Å². The third kappa shape index (κ3) is 6.16. The maximum Gasteiger partial charge on any atom is 0.267 e. The molecule has 1 aliphatic heterocycles. The predicted molar refractivity (Wildman–Crippen MR) is 149 cm³/mol. The number of hydrogen-bond acceptors (Lipinski definition) is 4. The van der Waals surface area contributed by atoms with Crippen molar-refractivity contribution >= 4 is 11.8 Å². The number of benzene rings is 2. The Labute approximate surface area is 228 Å². The van der Waals surface area contributed by atoms with Gasteiger partial charge in [0.15, 0.2) is 0 Å². The van der Waals surface area contributed by atoms with Gasteiger partial charge in [-0.2, -0.15) is 5.10 Å². The Kier molecular flexibility index (Phi) is 8.14. The molecular formula is C31H35FN4O3. The van der Waals surface area contributed by atoms with Crippen LogP contribution in [0.2, 0.25) is 0 Å². The summed E-state index contributed by atoms with van der Waals surface area (Å²) in [5.74, 6) is -0.936. The van der Waals surface area contributed by atoms with E-state index in [4.69, 9.17) is 0 Å². The highest BCUT2D eigenvalue weighted by molar-refractivity contribution is 5.96. The monoisotopic (exact) mass is 530 g/mol. The molecule has 0 bridgehead atoms. The summed E-state index contributed by atoms with van der Waals surface area (Å²) in [5, 5.41) is 9.17. The van der Waals surface area contributed by atoms with Crippen LogP contribution >= 0.6 is 0 Å². The van der Waals surface area contributed by atoms with Gasteiger partial charge in [0.25, 0.3) is 11.5 Å². The van der Waals surface area contributed by atoms with Gasteiger partial charge in [0.2, 0.25) is 5.91 Å². The molecule has 2 heterocycles. The second-order valence-electron chi connectivity index (χ2n) is 10.9. The summed E-state index contributed by atoms with van der Waals surface area (Å²) in [4.78, 5) is 40.5. The van der Waals surface area contributed by atoms with Crippen LogP contribution in [0.25, 0.3) is 0 Å². The lowest BCUT2D eigenvalue weighted by molar-refractivity contribution is -0.134. The van der Waals surface area contributed by atoms with Gasteiger partial charge in [-0.15, -0.1) is 6.58 Å². The standard InChI is InChI=1S/C31H35FN4O3/c1-6-31(4,5)27-13-12-26(22-8-7-9-25(32)17-22)36(27)28(37)18-33-29(38)23-11-10-21(19(2)14-23)16-24-15-20(3)34-35-30(24)39/h6-11,14-15,17,26-27H,1,12-13,16,18H2,2-5H3,(H,33,38)(H,35,39)/t26-,27?/m0/s1. The predicted octanol–water partition coefficient (Wildman–Crippen LogP) is 4.79. The van der Waals surface area contributed by atoms with Gasteiger partial charge in [0.1, 0.15) is 5.82 Å². The van der Waals surface area contributed by atoms with E-state index in [-0.39, 0.29) is 47.2 Å². The molecule has 4 rings (SSSR count). The highest BCUT2D eigenvalue weighted by Gasteiger charge is 2.43. The summed E-state index contributed by atoms with van der Waals surface area (Å²) in [6.45, 7) is 11.5. The van der Waals surface area contributed by atoms with Crippen molar-refractivity contribution < 1.29 is 14.0 Å². The molecule has 2 atom stereocenters. The summed E-state index contributed by atoms with van der Waals surface area (Å²) in [6.07, 6.45) is 3.71. The fourth-order valence-corrected chi connectivity index (χ4v) is 5.35. The van der Waals surface area contributed by atoms with Gasteiger partial charge in [0, 0.05) is 29.0 Å². The van der Waals surface area contributed by atoms with Gasteiger partial charge >= 0.3 is 0 Å². The molecule has 2 amide bonds. The van der Waals surface area contributed by atoms with Crippen LogP contribution in [-0.2, 0) is 11.2 Å². The molecule has 1 fully saturated rings. The molecule has 39 heavy (non-hydrogen) atoms. The quantitative estimate of drug-likeness (QED) is 0.410. The first-order valence-corrected chi connectivity index (χ1v) is 13.1. The van der Waals surface area contributed by atoms with E-state index in [2.05, 4.69) is 22.1 Å². The second-order valence-corrected chi connectivity index (χ2v) is 10.9. The first-order chi connectivity index (χ1) is 18.5. The molecule has 8 heteroatoms. The average molecular weight is 531 g/mol. The summed E-state index contributed by atoms with van der Waals surface area (Å²) in [7, 11) is 0. The zero-order valence-corrected chi connectivity index (χ0v) is 22.9. The van der Waals surface area contributed by atoms with E-state index in [9.17, 15) is 18.8 Å². The number of aromatic nitrogens is 2. The van der Waals surface area contributed by atoms with Crippen molar-refractivity contribution in [2.45, 2.75) is 59.0 Å². The van der Waals surface area contributed by atoms with Gasteiger partial charge in [-0.1, -0.05) is 38.1 Å². The number of H-pyrrole nitrogens is 1. The van der Waals surface area contributed by atoms with Crippen molar-refractivity contribution in [3.63, 3.8) is 0 Å². The molecule has 204 valence electrons. The molecular weight excluding hydrogens is 495 g/mol. The van der Waals surface area contributed by atoms with Crippen molar-refractivity contribution in [1.29, 1.82) is 0 Å². The van der Waals surface area contributed by atoms with Crippen LogP contribution in [0.15, 0.2) is 66.0 Å². The summed E-state index contributed by atoms with van der Waals surface area (Å²) in [5.41, 5.74) is 3.68. The Balaban J connectivity index is 1.48. The van der Waals surface area contributed by atoms with Crippen LogP contribution < -0.4 is 10.9 Å². The van der Waals surface area contributed by atoms with Crippen LogP contribution in [0.1, 0.15) is 71.0 Å². The third-order valence-corrected chi connectivity index (χ3v) is 7.69. The molecule has 3 aromatic rings. The molecule has 1 aliphatic rings. The van der Waals surface area contributed by atoms with Crippen LogP contribution in [0, 0.1) is 25.1 Å². The number of rotatable bonds is 8. The number of likely N-dealkylation sites (tertiary alicyclic amines) is 1. The number of halogens is 1. The molecule has 7 nitrogen and oxygen atoms in total. The molecule has 0 aliphatic carbocycles. The van der Waals surface area contributed by atoms with Gasteiger partial charge < -0.3 is 10.2 Å². The molecule has 2 aromatic carbocycles. The number of carbonyl (C=O) groups excluding carboxylic acids is 2. The second kappa shape index (κ2) is 11.4. The Hall–Kier alpha value is -4.07. The lowest BCUT2D eigenvalue weighted by atomic mass is 9.83. The van der Waals surface area contributed by atoms with Crippen LogP contribution in [-0.4, -0.2) is 39.5 Å². The van der Waals surface area contributed by atoms with Crippen LogP contribution in [0.4, 0.5) is 4.39 Å². The maximum atomic E-state index is 14.0. The molecule has 1 aromatic heterocycles. The highest BCUT2D eigenvalue weighted by Crippen LogP contribution is 2.43. The Morgan fingerprint density at radius 1 is 1.15 bits per heavy atom. The minimum Gasteiger partial charge on any atom is -0.343 e. The lowest BCUT2D eigenvalue weighted by Crippen LogP contribution is -2.48. The molecule has 2 N–H and O–H groups in total. The van der Waals surface area contributed by atoms with E-state index in [0.717, 1.165) is 28.8 Å². The zero-order chi connectivity index (χ0) is 28.3. The Morgan fingerprint density at radius 2 is 1.92 bits per heavy atom. The maximum absolute atomic E-state index is 14.0. The third-order valence-electron chi connectivity index (χ3n) is 7.69. The van der Waals surface area contributed by atoms with E-state index in [0.29, 0.717) is 24.0 Å². The number of aryl methyl sites for hydroxylation is 2. The lowest BCUT2D eigenvalue weighted by Gasteiger charge is -2.38. The topological polar surface area (TPSA) is 95.2 Å². The van der Waals surface area contributed by atoms with E-state index < -0.39 is 0 Å². The largest absolute Gasteiger partial charge is 0.343 e. The van der Waals surface area contributed by atoms with Crippen molar-refractivity contribution in [2.24, 2.45) is 5.41 Å².